The second-order valence-electron chi connectivity index (χ2n) is 9.93. The third-order valence-corrected chi connectivity index (χ3v) is 7.52. The Morgan fingerprint density at radius 2 is 1.69 bits per heavy atom. The van der Waals surface area contributed by atoms with Crippen LogP contribution in [0, 0.1) is 5.92 Å². The summed E-state index contributed by atoms with van der Waals surface area (Å²) in [5.74, 6) is 1.04. The number of likely N-dealkylation sites (N-methyl/N-ethyl adjacent to an activating group) is 1. The van der Waals surface area contributed by atoms with E-state index >= 15 is 0 Å². The summed E-state index contributed by atoms with van der Waals surface area (Å²) >= 11 is 0. The number of piperidine rings is 1. The molecule has 0 bridgehead atoms. The van der Waals surface area contributed by atoms with Crippen LogP contribution in [0.5, 0.6) is 0 Å². The van der Waals surface area contributed by atoms with Crippen molar-refractivity contribution in [1.82, 2.24) is 19.8 Å². The quantitative estimate of drug-likeness (QED) is 0.657. The van der Waals surface area contributed by atoms with Crippen molar-refractivity contribution in [3.63, 3.8) is 0 Å². The van der Waals surface area contributed by atoms with Gasteiger partial charge in [-0.05, 0) is 42.9 Å². The molecule has 8 nitrogen and oxygen atoms in total. The number of hydrogen-bond donors (Lipinski definition) is 1. The number of carbonyl (C=O) groups is 2. The zero-order valence-corrected chi connectivity index (χ0v) is 21.0. The van der Waals surface area contributed by atoms with Gasteiger partial charge in [-0.15, -0.1) is 0 Å². The summed E-state index contributed by atoms with van der Waals surface area (Å²) in [6.45, 7) is 2.11. The van der Waals surface area contributed by atoms with Crippen molar-refractivity contribution < 1.29 is 9.59 Å². The highest BCUT2D eigenvalue weighted by atomic mass is 16.2. The van der Waals surface area contributed by atoms with Crippen molar-refractivity contribution in [2.75, 3.05) is 38.6 Å². The largest absolute Gasteiger partial charge is 0.343 e. The van der Waals surface area contributed by atoms with Gasteiger partial charge in [0.25, 0.3) is 0 Å². The molecule has 1 saturated heterocycles. The van der Waals surface area contributed by atoms with E-state index in [-0.39, 0.29) is 18.4 Å². The predicted octanol–water partition coefficient (Wildman–Crippen LogP) is 3.07. The summed E-state index contributed by atoms with van der Waals surface area (Å²) in [6.07, 6.45) is 11.5. The van der Waals surface area contributed by atoms with Crippen molar-refractivity contribution in [3.8, 4) is 11.1 Å². The molecule has 1 aromatic heterocycles. The lowest BCUT2D eigenvalue weighted by molar-refractivity contribution is -0.137. The smallest absolute Gasteiger partial charge is 0.236 e. The van der Waals surface area contributed by atoms with E-state index in [1.54, 1.807) is 11.9 Å². The molecule has 4 rings (SSSR count). The molecule has 0 spiro atoms. The third kappa shape index (κ3) is 6.17. The minimum atomic E-state index is -0.0887. The molecule has 188 valence electrons. The van der Waals surface area contributed by atoms with Crippen LogP contribution in [0.4, 0.5) is 5.95 Å². The standard InChI is InChI=1S/C27H38N6O2/c1-31(25(34)16-28)19-20-7-6-8-22(15-20)23-17-29-27(30-18-23)33-13-11-21(12-14-33)26(35)32(2)24-9-4-3-5-10-24/h6-8,15,17-18,21,24H,3-5,9-14,16,19,28H2,1-2H3. The first-order valence-electron chi connectivity index (χ1n) is 12.8. The fourth-order valence-electron chi connectivity index (χ4n) is 5.26. The molecular weight excluding hydrogens is 440 g/mol. The molecule has 1 aromatic carbocycles. The van der Waals surface area contributed by atoms with Gasteiger partial charge in [0.05, 0.1) is 6.54 Å². The minimum absolute atomic E-state index is 0.00805. The molecule has 0 radical (unpaired) electrons. The topological polar surface area (TPSA) is 95.7 Å². The Hall–Kier alpha value is -3.00. The number of anilines is 1. The van der Waals surface area contributed by atoms with Crippen LogP contribution in [0.25, 0.3) is 11.1 Å². The normalized spacial score (nSPS) is 17.3. The van der Waals surface area contributed by atoms with Gasteiger partial charge in [0.15, 0.2) is 0 Å². The number of aromatic nitrogens is 2. The Balaban J connectivity index is 1.33. The van der Waals surface area contributed by atoms with E-state index in [9.17, 15) is 9.59 Å². The molecular formula is C27H38N6O2. The maximum Gasteiger partial charge on any atom is 0.236 e. The highest BCUT2D eigenvalue weighted by Crippen LogP contribution is 2.27. The molecule has 35 heavy (non-hydrogen) atoms. The number of nitrogens with zero attached hydrogens (tertiary/aromatic N) is 5. The van der Waals surface area contributed by atoms with Crippen LogP contribution in [0.3, 0.4) is 0 Å². The average molecular weight is 479 g/mol. The maximum absolute atomic E-state index is 13.0. The average Bonchev–Trinajstić information content (AvgIpc) is 2.92. The molecule has 2 aromatic rings. The van der Waals surface area contributed by atoms with Gasteiger partial charge >= 0.3 is 0 Å². The van der Waals surface area contributed by atoms with Gasteiger partial charge in [0.2, 0.25) is 17.8 Å². The second kappa shape index (κ2) is 11.6. The summed E-state index contributed by atoms with van der Waals surface area (Å²) in [7, 11) is 3.75. The second-order valence-corrected chi connectivity index (χ2v) is 9.93. The first kappa shape index (κ1) is 25.1. The van der Waals surface area contributed by atoms with Gasteiger partial charge in [-0.2, -0.15) is 0 Å². The number of hydrogen-bond acceptors (Lipinski definition) is 6. The Labute approximate surface area is 208 Å². The van der Waals surface area contributed by atoms with Crippen molar-refractivity contribution in [2.45, 2.75) is 57.5 Å². The Morgan fingerprint density at radius 1 is 1.00 bits per heavy atom. The van der Waals surface area contributed by atoms with Gasteiger partial charge < -0.3 is 20.4 Å². The van der Waals surface area contributed by atoms with E-state index in [1.165, 1.54) is 19.3 Å². The van der Waals surface area contributed by atoms with Crippen LogP contribution < -0.4 is 10.6 Å². The summed E-state index contributed by atoms with van der Waals surface area (Å²) in [6, 6.07) is 8.47. The van der Waals surface area contributed by atoms with Crippen LogP contribution in [0.2, 0.25) is 0 Å². The van der Waals surface area contributed by atoms with E-state index < -0.39 is 0 Å². The Kier molecular flexibility index (Phi) is 8.33. The van der Waals surface area contributed by atoms with Crippen LogP contribution in [-0.4, -0.2) is 71.4 Å². The lowest BCUT2D eigenvalue weighted by Gasteiger charge is -2.37. The fourth-order valence-corrected chi connectivity index (χ4v) is 5.26. The molecule has 0 atom stereocenters. The van der Waals surface area contributed by atoms with E-state index in [4.69, 9.17) is 5.73 Å². The van der Waals surface area contributed by atoms with Crippen molar-refractivity contribution in [3.05, 3.63) is 42.2 Å². The minimum Gasteiger partial charge on any atom is -0.343 e. The highest BCUT2D eigenvalue weighted by Gasteiger charge is 2.31. The SMILES string of the molecule is CN(Cc1cccc(-c2cnc(N3CCC(C(=O)N(C)C4CCCCC4)CC3)nc2)c1)C(=O)CN. The lowest BCUT2D eigenvalue weighted by atomic mass is 9.91. The van der Waals surface area contributed by atoms with Gasteiger partial charge in [-0.25, -0.2) is 9.97 Å². The molecule has 2 fully saturated rings. The summed E-state index contributed by atoms with van der Waals surface area (Å²) in [5, 5.41) is 0. The van der Waals surface area contributed by atoms with E-state index in [0.717, 1.165) is 55.5 Å². The van der Waals surface area contributed by atoms with E-state index in [0.29, 0.717) is 24.4 Å². The monoisotopic (exact) mass is 478 g/mol. The zero-order valence-electron chi connectivity index (χ0n) is 21.0. The van der Waals surface area contributed by atoms with Crippen LogP contribution in [0.15, 0.2) is 36.7 Å². The van der Waals surface area contributed by atoms with Crippen molar-refractivity contribution >= 4 is 17.8 Å². The number of nitrogens with two attached hydrogens (primary N) is 1. The molecule has 1 saturated carbocycles. The Bertz CT molecular complexity index is 997. The van der Waals surface area contributed by atoms with Gasteiger partial charge in [0.1, 0.15) is 0 Å². The molecule has 1 aliphatic heterocycles. The van der Waals surface area contributed by atoms with Gasteiger partial charge in [0, 0.05) is 63.6 Å². The van der Waals surface area contributed by atoms with Gasteiger partial charge in [-0.3, -0.25) is 9.59 Å². The summed E-state index contributed by atoms with van der Waals surface area (Å²) in [5.41, 5.74) is 8.43. The molecule has 2 amide bonds. The molecule has 1 aliphatic carbocycles. The van der Waals surface area contributed by atoms with Crippen molar-refractivity contribution in [1.29, 1.82) is 0 Å². The van der Waals surface area contributed by atoms with Crippen LogP contribution >= 0.6 is 0 Å². The summed E-state index contributed by atoms with van der Waals surface area (Å²) in [4.78, 5) is 39.9. The fraction of sp³-hybridized carbons (Fsp3) is 0.556. The number of benzene rings is 1. The first-order valence-corrected chi connectivity index (χ1v) is 12.8. The van der Waals surface area contributed by atoms with E-state index in [2.05, 4.69) is 20.9 Å². The maximum atomic E-state index is 13.0. The van der Waals surface area contributed by atoms with Crippen LogP contribution in [0.1, 0.15) is 50.5 Å². The van der Waals surface area contributed by atoms with Crippen molar-refractivity contribution in [2.24, 2.45) is 11.7 Å². The Morgan fingerprint density at radius 3 is 2.34 bits per heavy atom. The number of amides is 2. The third-order valence-electron chi connectivity index (χ3n) is 7.52. The zero-order chi connectivity index (χ0) is 24.8. The predicted molar refractivity (Wildman–Crippen MR) is 138 cm³/mol. The summed E-state index contributed by atoms with van der Waals surface area (Å²) < 4.78 is 0. The van der Waals surface area contributed by atoms with Crippen LogP contribution in [-0.2, 0) is 16.1 Å². The highest BCUT2D eigenvalue weighted by molar-refractivity contribution is 5.79. The number of carbonyl (C=O) groups excluding carboxylic acids is 2. The van der Waals surface area contributed by atoms with Gasteiger partial charge in [-0.1, -0.05) is 37.5 Å². The van der Waals surface area contributed by atoms with E-state index in [1.807, 2.05) is 42.5 Å². The lowest BCUT2D eigenvalue weighted by Crippen LogP contribution is -2.45. The number of rotatable bonds is 7. The molecule has 2 N–H and O–H groups in total. The molecule has 8 heteroatoms. The molecule has 2 heterocycles. The molecule has 2 aliphatic rings. The molecule has 0 unspecified atom stereocenters. The first-order chi connectivity index (χ1) is 17.0.